The van der Waals surface area contributed by atoms with Crippen molar-refractivity contribution < 1.29 is 19.0 Å². The van der Waals surface area contributed by atoms with Gasteiger partial charge in [0.1, 0.15) is 17.6 Å². The number of unbranched alkanes of at least 4 members (excludes halogenated alkanes) is 1. The van der Waals surface area contributed by atoms with E-state index in [1.807, 2.05) is 48.5 Å². The van der Waals surface area contributed by atoms with Crippen molar-refractivity contribution in [2.75, 3.05) is 13.2 Å². The van der Waals surface area contributed by atoms with Crippen molar-refractivity contribution in [3.63, 3.8) is 0 Å². The lowest BCUT2D eigenvalue weighted by molar-refractivity contribution is -0.139. The number of ether oxygens (including phenoxy) is 3. The van der Waals surface area contributed by atoms with E-state index in [4.69, 9.17) is 14.2 Å². The van der Waals surface area contributed by atoms with E-state index in [0.29, 0.717) is 19.6 Å². The normalized spacial score (nSPS) is 16.4. The minimum atomic E-state index is -0.0993. The van der Waals surface area contributed by atoms with Gasteiger partial charge in [0.2, 0.25) is 0 Å². The van der Waals surface area contributed by atoms with E-state index in [1.54, 1.807) is 0 Å². The number of esters is 1. The highest BCUT2D eigenvalue weighted by Gasteiger charge is 2.20. The van der Waals surface area contributed by atoms with Crippen LogP contribution in [-0.2, 0) is 16.0 Å². The zero-order valence-corrected chi connectivity index (χ0v) is 15.5. The molecule has 0 bridgehead atoms. The first-order valence-corrected chi connectivity index (χ1v) is 9.55. The number of rotatable bonds is 10. The molecule has 0 radical (unpaired) electrons. The monoisotopic (exact) mass is 366 g/mol. The van der Waals surface area contributed by atoms with Crippen LogP contribution in [0.2, 0.25) is 0 Å². The molecule has 0 N–H and O–H groups in total. The second kappa shape index (κ2) is 10.4. The molecule has 0 saturated carbocycles. The summed E-state index contributed by atoms with van der Waals surface area (Å²) in [4.78, 5) is 11.1. The molecular formula is C23H26O4. The molecular weight excluding hydrogens is 340 g/mol. The SMILES string of the molecule is O=C1CC[C@H](/C=C\Cc2ccc(OCCCCOc3ccccc3)cc2)O1. The molecule has 1 aliphatic heterocycles. The van der Waals surface area contributed by atoms with Gasteiger partial charge in [-0.3, -0.25) is 4.79 Å². The van der Waals surface area contributed by atoms with Gasteiger partial charge in [0.15, 0.2) is 0 Å². The largest absolute Gasteiger partial charge is 0.494 e. The summed E-state index contributed by atoms with van der Waals surface area (Å²) in [6.07, 6.45) is 8.05. The first kappa shape index (κ1) is 19.0. The van der Waals surface area contributed by atoms with E-state index in [0.717, 1.165) is 37.2 Å². The number of hydrogen-bond acceptors (Lipinski definition) is 4. The number of carbonyl (C=O) groups excluding carboxylic acids is 1. The number of para-hydroxylation sites is 1. The van der Waals surface area contributed by atoms with Gasteiger partial charge in [0, 0.05) is 6.42 Å². The van der Waals surface area contributed by atoms with Crippen LogP contribution in [0, 0.1) is 0 Å². The summed E-state index contributed by atoms with van der Waals surface area (Å²) in [6, 6.07) is 18.0. The van der Waals surface area contributed by atoms with Crippen molar-refractivity contribution in [1.82, 2.24) is 0 Å². The molecule has 2 aromatic carbocycles. The molecule has 1 heterocycles. The van der Waals surface area contributed by atoms with Crippen molar-refractivity contribution in [3.8, 4) is 11.5 Å². The molecule has 0 unspecified atom stereocenters. The Morgan fingerprint density at radius 1 is 0.926 bits per heavy atom. The number of hydrogen-bond donors (Lipinski definition) is 0. The quantitative estimate of drug-likeness (QED) is 0.346. The Morgan fingerprint density at radius 3 is 2.22 bits per heavy atom. The average molecular weight is 366 g/mol. The Hall–Kier alpha value is -2.75. The van der Waals surface area contributed by atoms with Crippen molar-refractivity contribution in [2.45, 2.75) is 38.2 Å². The van der Waals surface area contributed by atoms with Gasteiger partial charge in [0.25, 0.3) is 0 Å². The number of benzene rings is 2. The molecule has 0 aromatic heterocycles. The lowest BCUT2D eigenvalue weighted by Gasteiger charge is -2.08. The van der Waals surface area contributed by atoms with Gasteiger partial charge in [-0.1, -0.05) is 36.4 Å². The van der Waals surface area contributed by atoms with Crippen LogP contribution in [0.15, 0.2) is 66.7 Å². The minimum Gasteiger partial charge on any atom is -0.494 e. The van der Waals surface area contributed by atoms with Crippen molar-refractivity contribution in [2.24, 2.45) is 0 Å². The molecule has 4 nitrogen and oxygen atoms in total. The number of carbonyl (C=O) groups is 1. The third-order valence-electron chi connectivity index (χ3n) is 4.36. The van der Waals surface area contributed by atoms with Crippen LogP contribution in [0.25, 0.3) is 0 Å². The third-order valence-corrected chi connectivity index (χ3v) is 4.36. The maximum absolute atomic E-state index is 11.1. The number of allylic oxidation sites excluding steroid dienone is 1. The molecule has 0 amide bonds. The summed E-state index contributed by atoms with van der Waals surface area (Å²) in [7, 11) is 0. The number of cyclic esters (lactones) is 1. The van der Waals surface area contributed by atoms with Crippen LogP contribution in [0.4, 0.5) is 0 Å². The highest BCUT2D eigenvalue weighted by molar-refractivity contribution is 5.71. The highest BCUT2D eigenvalue weighted by atomic mass is 16.5. The van der Waals surface area contributed by atoms with Gasteiger partial charge in [-0.25, -0.2) is 0 Å². The molecule has 1 atom stereocenters. The molecule has 3 rings (SSSR count). The summed E-state index contributed by atoms with van der Waals surface area (Å²) >= 11 is 0. The van der Waals surface area contributed by atoms with E-state index in [1.165, 1.54) is 5.56 Å². The smallest absolute Gasteiger partial charge is 0.306 e. The van der Waals surface area contributed by atoms with Crippen LogP contribution in [0.3, 0.4) is 0 Å². The van der Waals surface area contributed by atoms with E-state index in [9.17, 15) is 4.79 Å². The minimum absolute atomic E-state index is 0.0500. The predicted molar refractivity (Wildman–Crippen MR) is 105 cm³/mol. The molecule has 0 aliphatic carbocycles. The fourth-order valence-corrected chi connectivity index (χ4v) is 2.86. The summed E-state index contributed by atoms with van der Waals surface area (Å²) in [5.41, 5.74) is 1.21. The Morgan fingerprint density at radius 2 is 1.59 bits per heavy atom. The summed E-state index contributed by atoms with van der Waals surface area (Å²) < 4.78 is 16.6. The van der Waals surface area contributed by atoms with E-state index >= 15 is 0 Å². The van der Waals surface area contributed by atoms with Gasteiger partial charge in [-0.2, -0.15) is 0 Å². The second-order valence-electron chi connectivity index (χ2n) is 6.56. The summed E-state index contributed by atoms with van der Waals surface area (Å²) in [5, 5.41) is 0. The molecule has 1 aliphatic rings. The first-order valence-electron chi connectivity index (χ1n) is 9.55. The summed E-state index contributed by atoms with van der Waals surface area (Å²) in [6.45, 7) is 1.39. The fourth-order valence-electron chi connectivity index (χ4n) is 2.86. The zero-order chi connectivity index (χ0) is 18.7. The van der Waals surface area contributed by atoms with Gasteiger partial charge in [-0.05, 0) is 61.6 Å². The highest BCUT2D eigenvalue weighted by Crippen LogP contribution is 2.16. The standard InChI is InChI=1S/C23H26O4/c24-23-16-15-22(27-23)10-6-7-19-11-13-21(14-12-19)26-18-5-4-17-25-20-8-2-1-3-9-20/h1-3,6,8-14,22H,4-5,7,15-18H2/b10-6-/t22-/m0/s1. The van der Waals surface area contributed by atoms with E-state index in [-0.39, 0.29) is 12.1 Å². The van der Waals surface area contributed by atoms with E-state index in [2.05, 4.69) is 18.2 Å². The topological polar surface area (TPSA) is 44.8 Å². The van der Waals surface area contributed by atoms with Crippen molar-refractivity contribution in [3.05, 3.63) is 72.3 Å². The molecule has 27 heavy (non-hydrogen) atoms. The molecule has 4 heteroatoms. The van der Waals surface area contributed by atoms with Gasteiger partial charge in [0.05, 0.1) is 13.2 Å². The Kier molecular flexibility index (Phi) is 7.34. The zero-order valence-electron chi connectivity index (χ0n) is 15.5. The Bertz CT molecular complexity index is 722. The van der Waals surface area contributed by atoms with Crippen LogP contribution in [0.1, 0.15) is 31.2 Å². The Labute approximate surface area is 160 Å². The lowest BCUT2D eigenvalue weighted by atomic mass is 10.1. The van der Waals surface area contributed by atoms with Gasteiger partial charge in [-0.15, -0.1) is 0 Å². The van der Waals surface area contributed by atoms with Crippen molar-refractivity contribution >= 4 is 5.97 Å². The van der Waals surface area contributed by atoms with Gasteiger partial charge < -0.3 is 14.2 Å². The first-order chi connectivity index (χ1) is 13.3. The molecule has 0 spiro atoms. The second-order valence-corrected chi connectivity index (χ2v) is 6.56. The van der Waals surface area contributed by atoms with Crippen LogP contribution in [0.5, 0.6) is 11.5 Å². The van der Waals surface area contributed by atoms with Crippen LogP contribution >= 0.6 is 0 Å². The van der Waals surface area contributed by atoms with E-state index < -0.39 is 0 Å². The van der Waals surface area contributed by atoms with Crippen LogP contribution in [-0.4, -0.2) is 25.3 Å². The van der Waals surface area contributed by atoms with Gasteiger partial charge >= 0.3 is 5.97 Å². The maximum atomic E-state index is 11.1. The maximum Gasteiger partial charge on any atom is 0.306 e. The summed E-state index contributed by atoms with van der Waals surface area (Å²) in [5.74, 6) is 1.70. The predicted octanol–water partition coefficient (Wildman–Crippen LogP) is 4.73. The Balaban J connectivity index is 1.28. The molecule has 2 aromatic rings. The molecule has 1 saturated heterocycles. The van der Waals surface area contributed by atoms with Crippen molar-refractivity contribution in [1.29, 1.82) is 0 Å². The van der Waals surface area contributed by atoms with Crippen LogP contribution < -0.4 is 9.47 Å². The fraction of sp³-hybridized carbons (Fsp3) is 0.348. The molecule has 142 valence electrons. The average Bonchev–Trinajstić information content (AvgIpc) is 3.11. The molecule has 1 fully saturated rings. The lowest BCUT2D eigenvalue weighted by Crippen LogP contribution is -2.02. The third kappa shape index (κ3) is 6.81.